The Morgan fingerprint density at radius 3 is 2.35 bits per heavy atom. The van der Waals surface area contributed by atoms with E-state index in [0.717, 1.165) is 12.1 Å². The van der Waals surface area contributed by atoms with E-state index < -0.39 is 11.7 Å². The van der Waals surface area contributed by atoms with Crippen molar-refractivity contribution in [1.82, 2.24) is 4.98 Å². The summed E-state index contributed by atoms with van der Waals surface area (Å²) in [5.41, 5.74) is 6.12. The zero-order chi connectivity index (χ0) is 14.8. The van der Waals surface area contributed by atoms with Crippen LogP contribution in [0.25, 0.3) is 0 Å². The molecule has 7 heteroatoms. The summed E-state index contributed by atoms with van der Waals surface area (Å²) < 4.78 is 37.2. The van der Waals surface area contributed by atoms with Gasteiger partial charge in [0.2, 0.25) is 0 Å². The summed E-state index contributed by atoms with van der Waals surface area (Å²) in [6.45, 7) is 0.301. The van der Waals surface area contributed by atoms with Crippen LogP contribution in [0.2, 0.25) is 5.15 Å². The van der Waals surface area contributed by atoms with Gasteiger partial charge in [0.15, 0.2) is 5.82 Å². The summed E-state index contributed by atoms with van der Waals surface area (Å²) >= 11 is 5.74. The number of nitrogens with one attached hydrogen (secondary N) is 1. The third-order valence-electron chi connectivity index (χ3n) is 2.63. The molecule has 106 valence electrons. The summed E-state index contributed by atoms with van der Waals surface area (Å²) in [4.78, 5) is 3.99. The molecule has 0 radical (unpaired) electrons. The molecule has 2 aromatic rings. The predicted molar refractivity (Wildman–Crippen MR) is 72.4 cm³/mol. The fraction of sp³-hybridized carbons (Fsp3) is 0.154. The minimum Gasteiger partial charge on any atom is -0.396 e. The lowest BCUT2D eigenvalue weighted by Gasteiger charge is -2.10. The van der Waals surface area contributed by atoms with Gasteiger partial charge in [-0.1, -0.05) is 23.7 Å². The van der Waals surface area contributed by atoms with Gasteiger partial charge >= 0.3 is 6.18 Å². The summed E-state index contributed by atoms with van der Waals surface area (Å²) in [7, 11) is 0. The topological polar surface area (TPSA) is 50.9 Å². The van der Waals surface area contributed by atoms with E-state index >= 15 is 0 Å². The van der Waals surface area contributed by atoms with E-state index in [4.69, 9.17) is 17.3 Å². The average Bonchev–Trinajstić information content (AvgIpc) is 2.39. The van der Waals surface area contributed by atoms with Crippen molar-refractivity contribution in [1.29, 1.82) is 0 Å². The highest BCUT2D eigenvalue weighted by atomic mass is 35.5. The molecule has 0 saturated heterocycles. The number of benzene rings is 1. The number of anilines is 2. The number of nitrogen functional groups attached to an aromatic ring is 1. The molecule has 20 heavy (non-hydrogen) atoms. The van der Waals surface area contributed by atoms with Crippen molar-refractivity contribution >= 4 is 23.1 Å². The lowest BCUT2D eigenvalue weighted by atomic mass is 10.1. The van der Waals surface area contributed by atoms with E-state index in [2.05, 4.69) is 10.3 Å². The molecule has 0 saturated carbocycles. The molecule has 0 fully saturated rings. The Bertz CT molecular complexity index is 597. The Morgan fingerprint density at radius 2 is 1.75 bits per heavy atom. The minimum absolute atomic E-state index is 0.286. The highest BCUT2D eigenvalue weighted by molar-refractivity contribution is 6.29. The first-order valence-electron chi connectivity index (χ1n) is 5.68. The molecule has 0 aliphatic rings. The van der Waals surface area contributed by atoms with E-state index in [1.807, 2.05) is 0 Å². The summed E-state index contributed by atoms with van der Waals surface area (Å²) in [6, 6.07) is 8.02. The van der Waals surface area contributed by atoms with Crippen molar-refractivity contribution in [2.45, 2.75) is 12.7 Å². The molecule has 0 aliphatic heterocycles. The average molecular weight is 302 g/mol. The highest BCUT2D eigenvalue weighted by Gasteiger charge is 2.29. The fourth-order valence-corrected chi connectivity index (χ4v) is 1.73. The van der Waals surface area contributed by atoms with Crippen LogP contribution in [0.1, 0.15) is 11.1 Å². The predicted octanol–water partition coefficient (Wildman–Crippen LogP) is 3.95. The van der Waals surface area contributed by atoms with E-state index in [-0.39, 0.29) is 5.15 Å². The molecule has 0 bridgehead atoms. The Hall–Kier alpha value is -1.95. The van der Waals surface area contributed by atoms with Crippen molar-refractivity contribution in [3.63, 3.8) is 0 Å². The zero-order valence-corrected chi connectivity index (χ0v) is 11.0. The number of nitrogens with zero attached hydrogens (tertiary/aromatic N) is 1. The quantitative estimate of drug-likeness (QED) is 0.844. The number of aromatic nitrogens is 1. The first-order valence-corrected chi connectivity index (χ1v) is 6.06. The van der Waals surface area contributed by atoms with Gasteiger partial charge in [-0.05, 0) is 29.8 Å². The van der Waals surface area contributed by atoms with Crippen LogP contribution < -0.4 is 11.1 Å². The van der Waals surface area contributed by atoms with Crippen molar-refractivity contribution in [2.24, 2.45) is 0 Å². The third-order valence-corrected chi connectivity index (χ3v) is 2.84. The number of hydrogen-bond acceptors (Lipinski definition) is 3. The van der Waals surface area contributed by atoms with Crippen LogP contribution in [-0.4, -0.2) is 4.98 Å². The number of rotatable bonds is 3. The minimum atomic E-state index is -4.33. The first-order chi connectivity index (χ1) is 9.36. The molecule has 0 atom stereocenters. The molecular formula is C13H11ClF3N3. The van der Waals surface area contributed by atoms with Gasteiger partial charge in [0.05, 0.1) is 11.3 Å². The van der Waals surface area contributed by atoms with Gasteiger partial charge in [-0.3, -0.25) is 0 Å². The molecule has 0 amide bonds. The number of pyridine rings is 1. The monoisotopic (exact) mass is 301 g/mol. The van der Waals surface area contributed by atoms with E-state index in [9.17, 15) is 13.2 Å². The standard InChI is InChI=1S/C13H11ClF3N3/c14-11-6-5-10(18)12(20-11)19-7-8-1-3-9(4-2-8)13(15,16)17/h1-6H,7,18H2,(H,19,20). The smallest absolute Gasteiger partial charge is 0.396 e. The number of nitrogens with two attached hydrogens (primary N) is 1. The Morgan fingerprint density at radius 1 is 1.10 bits per heavy atom. The number of alkyl halides is 3. The lowest BCUT2D eigenvalue weighted by molar-refractivity contribution is -0.137. The van der Waals surface area contributed by atoms with Crippen LogP contribution in [-0.2, 0) is 12.7 Å². The van der Waals surface area contributed by atoms with Crippen LogP contribution in [0.5, 0.6) is 0 Å². The lowest BCUT2D eigenvalue weighted by Crippen LogP contribution is -2.07. The second kappa shape index (κ2) is 5.58. The molecule has 1 aromatic carbocycles. The SMILES string of the molecule is Nc1ccc(Cl)nc1NCc1ccc(C(F)(F)F)cc1. The normalized spacial score (nSPS) is 11.4. The van der Waals surface area contributed by atoms with E-state index in [0.29, 0.717) is 23.6 Å². The first kappa shape index (κ1) is 14.5. The van der Waals surface area contributed by atoms with Crippen LogP contribution in [0, 0.1) is 0 Å². The van der Waals surface area contributed by atoms with Gasteiger partial charge in [-0.15, -0.1) is 0 Å². The Kier molecular flexibility index (Phi) is 4.04. The van der Waals surface area contributed by atoms with Gasteiger partial charge in [0.1, 0.15) is 5.15 Å². The summed E-state index contributed by atoms with van der Waals surface area (Å²) in [5, 5.41) is 3.21. The van der Waals surface area contributed by atoms with E-state index in [1.165, 1.54) is 12.1 Å². The van der Waals surface area contributed by atoms with E-state index in [1.54, 1.807) is 12.1 Å². The van der Waals surface area contributed by atoms with Gasteiger partial charge in [0, 0.05) is 6.54 Å². The fourth-order valence-electron chi connectivity index (χ4n) is 1.59. The number of hydrogen-bond donors (Lipinski definition) is 2. The molecule has 0 spiro atoms. The summed E-state index contributed by atoms with van der Waals surface area (Å²) in [6.07, 6.45) is -4.33. The third kappa shape index (κ3) is 3.54. The highest BCUT2D eigenvalue weighted by Crippen LogP contribution is 2.29. The van der Waals surface area contributed by atoms with Crippen molar-refractivity contribution < 1.29 is 13.2 Å². The Balaban J connectivity index is 2.06. The van der Waals surface area contributed by atoms with Gasteiger partial charge in [0.25, 0.3) is 0 Å². The second-order valence-corrected chi connectivity index (χ2v) is 4.51. The molecule has 1 heterocycles. The zero-order valence-electron chi connectivity index (χ0n) is 10.2. The molecule has 1 aromatic heterocycles. The number of halogens is 4. The molecular weight excluding hydrogens is 291 g/mol. The van der Waals surface area contributed by atoms with Crippen LogP contribution in [0.4, 0.5) is 24.7 Å². The molecule has 3 nitrogen and oxygen atoms in total. The van der Waals surface area contributed by atoms with Crippen LogP contribution in [0.3, 0.4) is 0 Å². The molecule has 0 unspecified atom stereocenters. The van der Waals surface area contributed by atoms with Gasteiger partial charge < -0.3 is 11.1 Å². The summed E-state index contributed by atoms with van der Waals surface area (Å²) in [5.74, 6) is 0.400. The molecule has 0 aliphatic carbocycles. The maximum Gasteiger partial charge on any atom is 0.416 e. The Labute approximate surface area is 118 Å². The van der Waals surface area contributed by atoms with Crippen LogP contribution in [0.15, 0.2) is 36.4 Å². The largest absolute Gasteiger partial charge is 0.416 e. The van der Waals surface area contributed by atoms with Crippen LogP contribution >= 0.6 is 11.6 Å². The van der Waals surface area contributed by atoms with Gasteiger partial charge in [-0.2, -0.15) is 13.2 Å². The molecule has 3 N–H and O–H groups in total. The molecule has 2 rings (SSSR count). The second-order valence-electron chi connectivity index (χ2n) is 4.12. The van der Waals surface area contributed by atoms with Crippen molar-refractivity contribution in [2.75, 3.05) is 11.1 Å². The van der Waals surface area contributed by atoms with Crippen molar-refractivity contribution in [3.05, 3.63) is 52.7 Å². The maximum atomic E-state index is 12.4. The van der Waals surface area contributed by atoms with Gasteiger partial charge in [-0.25, -0.2) is 4.98 Å². The van der Waals surface area contributed by atoms with Crippen molar-refractivity contribution in [3.8, 4) is 0 Å². The maximum absolute atomic E-state index is 12.4.